The van der Waals surface area contributed by atoms with Gasteiger partial charge >= 0.3 is 12.1 Å². The van der Waals surface area contributed by atoms with Gasteiger partial charge < -0.3 is 61.6 Å². The highest BCUT2D eigenvalue weighted by atomic mass is 16.5. The molecule has 8 N–H and O–H groups in total. The van der Waals surface area contributed by atoms with Crippen molar-refractivity contribution >= 4 is 47.3 Å². The van der Waals surface area contributed by atoms with Gasteiger partial charge in [-0.2, -0.15) is 0 Å². The van der Waals surface area contributed by atoms with Crippen LogP contribution in [0.15, 0.2) is 84.9 Å². The van der Waals surface area contributed by atoms with Gasteiger partial charge in [-0.15, -0.1) is 0 Å². The average Bonchev–Trinajstić information content (AvgIpc) is 3.97. The van der Waals surface area contributed by atoms with Crippen LogP contribution in [0.1, 0.15) is 116 Å². The number of anilines is 1. The van der Waals surface area contributed by atoms with Crippen molar-refractivity contribution in [2.45, 2.75) is 148 Å². The van der Waals surface area contributed by atoms with Crippen LogP contribution in [0, 0.1) is 23.7 Å². The summed E-state index contributed by atoms with van der Waals surface area (Å²) in [6.45, 7) is 14.3. The number of hydrogen-bond acceptors (Lipinski definition) is 12. The molecular weight excluding hydrogens is 1020 g/mol. The number of likely N-dealkylation sites (N-methyl/N-ethyl adjacent to an activating group) is 3. The number of amides is 8. The molecule has 1 heterocycles. The number of rotatable bonds is 31. The lowest BCUT2D eigenvalue weighted by Gasteiger charge is -2.41. The van der Waals surface area contributed by atoms with Gasteiger partial charge in [0.05, 0.1) is 60.8 Å². The highest BCUT2D eigenvalue weighted by molar-refractivity contribution is 5.95. The number of carbonyl (C=O) groups excluding carboxylic acids is 7. The lowest BCUT2D eigenvalue weighted by Crippen LogP contribution is -2.59. The minimum Gasteiger partial charge on any atom is -0.445 e. The van der Waals surface area contributed by atoms with Crippen LogP contribution in [0.5, 0.6) is 0 Å². The number of hydrogen-bond donors (Lipinski definition) is 7. The number of urea groups is 1. The second kappa shape index (κ2) is 32.6. The zero-order valence-electron chi connectivity index (χ0n) is 49.5. The van der Waals surface area contributed by atoms with E-state index in [0.29, 0.717) is 62.0 Å². The molecule has 4 rings (SSSR count). The van der Waals surface area contributed by atoms with Crippen molar-refractivity contribution in [1.82, 2.24) is 41.3 Å². The number of nitrogens with two attached hydrogens (primary N) is 1. The predicted octanol–water partition coefficient (Wildman–Crippen LogP) is 6.13. The zero-order chi connectivity index (χ0) is 59.2. The summed E-state index contributed by atoms with van der Waals surface area (Å²) in [4.78, 5) is 101. The van der Waals surface area contributed by atoms with E-state index < -0.39 is 72.5 Å². The van der Waals surface area contributed by atoms with Gasteiger partial charge in [0.15, 0.2) is 0 Å². The summed E-state index contributed by atoms with van der Waals surface area (Å²) in [6.07, 6.45) is 0.788. The van der Waals surface area contributed by atoms with Crippen LogP contribution in [-0.4, -0.2) is 154 Å². The van der Waals surface area contributed by atoms with Crippen molar-refractivity contribution in [1.29, 1.82) is 0 Å². The molecule has 1 fully saturated rings. The number of nitrogens with zero attached hydrogens (tertiary/aromatic N) is 3. The average molecular weight is 1110 g/mol. The van der Waals surface area contributed by atoms with Gasteiger partial charge in [0, 0.05) is 40.0 Å². The molecule has 11 atom stereocenters. The Morgan fingerprint density at radius 3 is 1.86 bits per heavy atom. The van der Waals surface area contributed by atoms with E-state index in [1.807, 2.05) is 121 Å². The zero-order valence-corrected chi connectivity index (χ0v) is 49.5. The molecule has 442 valence electrons. The van der Waals surface area contributed by atoms with Gasteiger partial charge in [-0.25, -0.2) is 9.59 Å². The van der Waals surface area contributed by atoms with Gasteiger partial charge in [-0.1, -0.05) is 128 Å². The summed E-state index contributed by atoms with van der Waals surface area (Å²) < 4.78 is 18.1. The number of primary amides is 1. The van der Waals surface area contributed by atoms with Crippen LogP contribution in [0.25, 0.3) is 0 Å². The first-order chi connectivity index (χ1) is 38.1. The highest BCUT2D eigenvalue weighted by Gasteiger charge is 2.44. The molecule has 20 heteroatoms. The fourth-order valence-electron chi connectivity index (χ4n) is 10.9. The van der Waals surface area contributed by atoms with E-state index in [2.05, 4.69) is 31.9 Å². The smallest absolute Gasteiger partial charge is 0.408 e. The number of nitrogens with one attached hydrogen (secondary N) is 6. The lowest BCUT2D eigenvalue weighted by atomic mass is 9.89. The third-order valence-electron chi connectivity index (χ3n) is 15.4. The predicted molar refractivity (Wildman–Crippen MR) is 310 cm³/mol. The largest absolute Gasteiger partial charge is 0.445 e. The molecule has 0 radical (unpaired) electrons. The third kappa shape index (κ3) is 18.7. The molecule has 20 nitrogen and oxygen atoms in total. The van der Waals surface area contributed by atoms with E-state index >= 15 is 0 Å². The number of carbonyl (C=O) groups is 7. The summed E-state index contributed by atoms with van der Waals surface area (Å²) in [6, 6.07) is 20.6. The molecule has 0 spiro atoms. The Morgan fingerprint density at radius 1 is 0.750 bits per heavy atom. The summed E-state index contributed by atoms with van der Waals surface area (Å²) in [7, 11) is 10.2. The molecule has 3 aromatic rings. The molecule has 0 saturated carbocycles. The molecule has 1 aliphatic heterocycles. The van der Waals surface area contributed by atoms with Crippen LogP contribution in [0.4, 0.5) is 15.3 Å². The second-order valence-corrected chi connectivity index (χ2v) is 21.9. The quantitative estimate of drug-likeness (QED) is 0.0359. The molecule has 1 saturated heterocycles. The molecule has 2 unspecified atom stereocenters. The number of likely N-dealkylation sites (tertiary alicyclic amines) is 1. The number of ether oxygens (including phenoxy) is 3. The molecule has 8 amide bonds. The molecule has 0 aromatic heterocycles. The van der Waals surface area contributed by atoms with Crippen molar-refractivity contribution in [3.63, 3.8) is 0 Å². The summed E-state index contributed by atoms with van der Waals surface area (Å²) in [5.41, 5.74) is 7.77. The Balaban J connectivity index is 1.51. The van der Waals surface area contributed by atoms with Crippen LogP contribution in [-0.2, 0) is 44.8 Å². The van der Waals surface area contributed by atoms with E-state index in [4.69, 9.17) is 19.9 Å². The lowest BCUT2D eigenvalue weighted by molar-refractivity contribution is -0.148. The van der Waals surface area contributed by atoms with Crippen LogP contribution in [0.3, 0.4) is 0 Å². The number of alkyl carbamates (subject to hydrolysis) is 1. The van der Waals surface area contributed by atoms with Gasteiger partial charge in [0.25, 0.3) is 0 Å². The van der Waals surface area contributed by atoms with Gasteiger partial charge in [0.2, 0.25) is 29.5 Å². The van der Waals surface area contributed by atoms with Crippen molar-refractivity contribution in [3.8, 4) is 0 Å². The van der Waals surface area contributed by atoms with Crippen molar-refractivity contribution in [3.05, 3.63) is 102 Å². The molecule has 0 bridgehead atoms. The normalized spacial score (nSPS) is 17.2. The molecule has 0 aliphatic carbocycles. The highest BCUT2D eigenvalue weighted by Crippen LogP contribution is 2.33. The maximum Gasteiger partial charge on any atom is 0.408 e. The Morgan fingerprint density at radius 2 is 1.35 bits per heavy atom. The third-order valence-corrected chi connectivity index (χ3v) is 15.4. The first-order valence-electron chi connectivity index (χ1n) is 28.1. The maximum atomic E-state index is 14.8. The minimum absolute atomic E-state index is 0.0104. The standard InChI is InChI=1S/C60H92N10O10/c1-14-39(6)53(69(11)58(75)49(37(2)3)65-57(74)52(38(4)5)68(9)10)47(78-12)35-48(71)70-34-22-28-46(70)54(79-13)40(7)55(72)66-50(42-23-17-15-18-24-42)51(43-25-19-16-20-26-43)67-60(77)80-36-41-29-31-44(32-30-41)64-56(73)45(62-8)27-21-33-63-59(61)76/h15-20,23-26,29-32,37-40,45-47,49-54,62H,14,21-22,27-28,33-36H2,1-13H3,(H,64,73)(H,65,74)(H,66,72)(H,67,77)(H3,61,63,76)/t39-,40+,45+,46-,47+,49-,50-,51?,52-,53?,54+/m1/s1. The number of methoxy groups -OCH3 is 2. The first-order valence-corrected chi connectivity index (χ1v) is 28.1. The molecule has 3 aromatic carbocycles. The second-order valence-electron chi connectivity index (χ2n) is 21.9. The Kier molecular flexibility index (Phi) is 26.9. The fourth-order valence-corrected chi connectivity index (χ4v) is 10.9. The summed E-state index contributed by atoms with van der Waals surface area (Å²) in [5, 5.41) is 17.7. The summed E-state index contributed by atoms with van der Waals surface area (Å²) >= 11 is 0. The van der Waals surface area contributed by atoms with E-state index in [1.54, 1.807) is 62.2 Å². The van der Waals surface area contributed by atoms with Crippen LogP contribution >= 0.6 is 0 Å². The van der Waals surface area contributed by atoms with Gasteiger partial charge in [-0.05, 0) is 93.4 Å². The first kappa shape index (κ1) is 65.9. The Hall–Kier alpha value is -6.61. The van der Waals surface area contributed by atoms with Crippen molar-refractivity contribution in [2.24, 2.45) is 29.4 Å². The van der Waals surface area contributed by atoms with Crippen LogP contribution in [0.2, 0.25) is 0 Å². The molecule has 80 heavy (non-hydrogen) atoms. The Bertz CT molecular complexity index is 2420. The van der Waals surface area contributed by atoms with E-state index in [9.17, 15) is 33.6 Å². The van der Waals surface area contributed by atoms with E-state index in [-0.39, 0.29) is 60.3 Å². The van der Waals surface area contributed by atoms with Crippen molar-refractivity contribution in [2.75, 3.05) is 60.8 Å². The van der Waals surface area contributed by atoms with Crippen LogP contribution < -0.4 is 37.6 Å². The SMILES string of the molecule is CC[C@@H](C)C([C@H](CC(=O)N1CCC[C@@H]1[C@@H](OC)[C@H](C)C(=O)N[C@H](c1ccccc1)C(NC(=O)OCc1ccc(NC(=O)[C@H](CCCNC(N)=O)NC)cc1)c1ccccc1)OC)N(C)C(=O)[C@H](NC(=O)[C@@H](C(C)C)N(C)C)C(C)C. The fraction of sp³-hybridized carbons (Fsp3) is 0.583. The monoisotopic (exact) mass is 1110 g/mol. The minimum atomic E-state index is -0.811. The maximum absolute atomic E-state index is 14.8. The Labute approximate surface area is 474 Å². The van der Waals surface area contributed by atoms with Crippen molar-refractivity contribution < 1.29 is 47.8 Å². The summed E-state index contributed by atoms with van der Waals surface area (Å²) in [5.74, 6) is -2.36. The topological polar surface area (TPSA) is 255 Å². The van der Waals surface area contributed by atoms with Gasteiger partial charge in [0.1, 0.15) is 12.6 Å². The molecule has 1 aliphatic rings. The van der Waals surface area contributed by atoms with E-state index in [0.717, 1.165) is 5.56 Å². The van der Waals surface area contributed by atoms with E-state index in [1.165, 1.54) is 7.11 Å². The molecular formula is C60H92N10O10. The van der Waals surface area contributed by atoms with Gasteiger partial charge in [-0.3, -0.25) is 28.9 Å². The number of benzene rings is 3.